The molecule has 0 unspecified atom stereocenters. The van der Waals surface area contributed by atoms with Crippen LogP contribution in [0.25, 0.3) is 22.3 Å². The first-order valence-electron chi connectivity index (χ1n) is 11.0. The number of benzene rings is 2. The normalized spacial score (nSPS) is 15.6. The van der Waals surface area contributed by atoms with Gasteiger partial charge in [-0.15, -0.1) is 0 Å². The molecule has 0 spiro atoms. The van der Waals surface area contributed by atoms with Gasteiger partial charge in [0.2, 0.25) is 0 Å². The fourth-order valence-electron chi connectivity index (χ4n) is 4.35. The Hall–Kier alpha value is -3.94. The third kappa shape index (κ3) is 4.12. The van der Waals surface area contributed by atoms with Crippen LogP contribution < -0.4 is 10.5 Å². The molecule has 0 amide bonds. The summed E-state index contributed by atoms with van der Waals surface area (Å²) in [5, 5.41) is 5.66. The Labute approximate surface area is 193 Å². The molecule has 7 nitrogen and oxygen atoms in total. The second-order valence-electron chi connectivity index (χ2n) is 8.05. The molecule has 163 valence electrons. The summed E-state index contributed by atoms with van der Waals surface area (Å²) in [6, 6.07) is 17.7. The summed E-state index contributed by atoms with van der Waals surface area (Å²) in [7, 11) is 6.16. The number of nitrogen functional groups attached to an aromatic ring is 1. The Morgan fingerprint density at radius 3 is 2.64 bits per heavy atom. The van der Waals surface area contributed by atoms with Crippen molar-refractivity contribution in [3.63, 3.8) is 0 Å². The summed E-state index contributed by atoms with van der Waals surface area (Å²) in [6.07, 6.45) is 5.28. The molecule has 4 aromatic rings. The van der Waals surface area contributed by atoms with Gasteiger partial charge >= 0.3 is 157 Å². The number of likely N-dealkylation sites (tertiary alicyclic amines) is 1. The minimum atomic E-state index is 0.219. The van der Waals surface area contributed by atoms with Crippen LogP contribution in [-0.4, -0.2) is 50.3 Å². The van der Waals surface area contributed by atoms with E-state index in [1.54, 1.807) is 6.08 Å². The van der Waals surface area contributed by atoms with Crippen LogP contribution in [0, 0.1) is 0 Å². The van der Waals surface area contributed by atoms with E-state index in [9.17, 15) is 0 Å². The van der Waals surface area contributed by atoms with Crippen molar-refractivity contribution in [2.45, 2.75) is 25.4 Å². The third-order valence-corrected chi connectivity index (χ3v) is 5.97. The van der Waals surface area contributed by atoms with Crippen LogP contribution in [0.5, 0.6) is 11.5 Å². The van der Waals surface area contributed by atoms with Gasteiger partial charge in [-0.25, -0.2) is 0 Å². The average molecular weight is 435 g/mol. The molecule has 0 bridgehead atoms. The number of aromatic nitrogens is 4. The molecule has 1 aliphatic rings. The van der Waals surface area contributed by atoms with E-state index in [0.29, 0.717) is 23.6 Å². The standard InChI is InChI=1S/C25H24BN6O/c1-2-21(26)31-14-6-7-18(31)15-32-25-22(24(27)28-16-29-25)23(30-32)17-10-12-20(13-11-17)33-19-8-4-3-5-9-19/h2-5,8-13,16,18H,1,6-7,14-15H2,(H2,27,28,29)/t18-/m0/s1. The molecule has 1 aliphatic heterocycles. The van der Waals surface area contributed by atoms with Gasteiger partial charge in [-0.2, -0.15) is 0 Å². The monoisotopic (exact) mass is 435 g/mol. The van der Waals surface area contributed by atoms with Gasteiger partial charge in [0.25, 0.3) is 0 Å². The minimum absolute atomic E-state index is 0.219. The van der Waals surface area contributed by atoms with Gasteiger partial charge in [0, 0.05) is 0 Å². The summed E-state index contributed by atoms with van der Waals surface area (Å²) < 4.78 is 7.83. The van der Waals surface area contributed by atoms with Crippen molar-refractivity contribution in [1.82, 2.24) is 24.6 Å². The zero-order valence-electron chi connectivity index (χ0n) is 18.3. The molecule has 8 heteroatoms. The van der Waals surface area contributed by atoms with Gasteiger partial charge in [-0.05, 0) is 12.1 Å². The maximum absolute atomic E-state index is 6.27. The molecule has 3 heterocycles. The Morgan fingerprint density at radius 2 is 1.88 bits per heavy atom. The predicted molar refractivity (Wildman–Crippen MR) is 132 cm³/mol. The van der Waals surface area contributed by atoms with E-state index in [1.807, 2.05) is 59.3 Å². The van der Waals surface area contributed by atoms with Gasteiger partial charge in [0.1, 0.15) is 5.75 Å². The number of rotatable bonds is 7. The molecular formula is C25H24BN6O. The van der Waals surface area contributed by atoms with Crippen LogP contribution >= 0.6 is 0 Å². The van der Waals surface area contributed by atoms with E-state index in [4.69, 9.17) is 23.1 Å². The van der Waals surface area contributed by atoms with E-state index in [2.05, 4.69) is 21.4 Å². The van der Waals surface area contributed by atoms with Crippen molar-refractivity contribution in [1.29, 1.82) is 0 Å². The van der Waals surface area contributed by atoms with Crippen LogP contribution in [0.2, 0.25) is 0 Å². The van der Waals surface area contributed by atoms with Crippen molar-refractivity contribution < 1.29 is 4.74 Å². The summed E-state index contributed by atoms with van der Waals surface area (Å²) >= 11 is 0. The first-order valence-corrected chi connectivity index (χ1v) is 11.0. The molecular weight excluding hydrogens is 411 g/mol. The fourth-order valence-corrected chi connectivity index (χ4v) is 4.35. The Morgan fingerprint density at radius 1 is 1.12 bits per heavy atom. The van der Waals surface area contributed by atoms with Gasteiger partial charge in [-0.1, -0.05) is 18.2 Å². The van der Waals surface area contributed by atoms with E-state index in [-0.39, 0.29) is 6.04 Å². The van der Waals surface area contributed by atoms with Crippen LogP contribution in [0.15, 0.2) is 73.6 Å². The second-order valence-corrected chi connectivity index (χ2v) is 8.05. The maximum atomic E-state index is 6.27. The second kappa shape index (κ2) is 8.90. The number of nitrogens with zero attached hydrogens (tertiary/aromatic N) is 5. The summed E-state index contributed by atoms with van der Waals surface area (Å²) in [5.74, 6) is 1.94. The van der Waals surface area contributed by atoms with Gasteiger partial charge in [0.15, 0.2) is 0 Å². The number of ether oxygens (including phenoxy) is 1. The van der Waals surface area contributed by atoms with Crippen LogP contribution in [0.4, 0.5) is 5.82 Å². The van der Waals surface area contributed by atoms with Crippen LogP contribution in [0.3, 0.4) is 0 Å². The van der Waals surface area contributed by atoms with E-state index in [1.165, 1.54) is 6.33 Å². The molecule has 1 saturated heterocycles. The van der Waals surface area contributed by atoms with Crippen molar-refractivity contribution in [3.05, 3.63) is 73.6 Å². The zero-order valence-corrected chi connectivity index (χ0v) is 18.3. The van der Waals surface area contributed by atoms with Crippen molar-refractivity contribution >= 4 is 29.9 Å². The van der Waals surface area contributed by atoms with Crippen molar-refractivity contribution in [2.75, 3.05) is 12.3 Å². The third-order valence-electron chi connectivity index (χ3n) is 5.97. The fraction of sp³-hybridized carbons (Fsp3) is 0.200. The van der Waals surface area contributed by atoms with Crippen LogP contribution in [0.1, 0.15) is 12.8 Å². The van der Waals surface area contributed by atoms with Crippen LogP contribution in [-0.2, 0) is 6.54 Å². The predicted octanol–water partition coefficient (Wildman–Crippen LogP) is 3.82. The molecule has 33 heavy (non-hydrogen) atoms. The summed E-state index contributed by atoms with van der Waals surface area (Å²) in [6.45, 7) is 5.37. The quantitative estimate of drug-likeness (QED) is 0.445. The Kier molecular flexibility index (Phi) is 5.65. The molecule has 2 aromatic carbocycles. The van der Waals surface area contributed by atoms with Gasteiger partial charge in [-0.3, -0.25) is 0 Å². The van der Waals surface area contributed by atoms with Gasteiger partial charge in [0.05, 0.1) is 0 Å². The molecule has 0 aliphatic carbocycles. The molecule has 2 aromatic heterocycles. The van der Waals surface area contributed by atoms with E-state index in [0.717, 1.165) is 47.5 Å². The first-order chi connectivity index (χ1) is 16.1. The van der Waals surface area contributed by atoms with Gasteiger partial charge < -0.3 is 0 Å². The molecule has 2 N–H and O–H groups in total. The number of hydrogen-bond donors (Lipinski definition) is 1. The number of nitrogens with two attached hydrogens (primary N) is 1. The topological polar surface area (TPSA) is 82.1 Å². The summed E-state index contributed by atoms with van der Waals surface area (Å²) in [4.78, 5) is 10.9. The number of para-hydroxylation sites is 1. The molecule has 0 saturated carbocycles. The molecule has 1 atom stereocenters. The summed E-state index contributed by atoms with van der Waals surface area (Å²) in [5.41, 5.74) is 9.34. The molecule has 1 fully saturated rings. The zero-order chi connectivity index (χ0) is 22.8. The average Bonchev–Trinajstić information content (AvgIpc) is 3.46. The van der Waals surface area contributed by atoms with Crippen molar-refractivity contribution in [2.24, 2.45) is 0 Å². The Balaban J connectivity index is 1.47. The number of fused-ring (bicyclic) bond motifs is 1. The Bertz CT molecular complexity index is 1300. The first kappa shape index (κ1) is 20.9. The van der Waals surface area contributed by atoms with E-state index < -0.39 is 0 Å². The number of hydrogen-bond acceptors (Lipinski definition) is 6. The molecule has 5 rings (SSSR count). The SMILES string of the molecule is [B]=C(C=C)N1CCC[C@H]1Cn1nc(-c2ccc(Oc3ccccc3)cc2)c2c(N)ncnc21. The van der Waals surface area contributed by atoms with Crippen molar-refractivity contribution in [3.8, 4) is 22.8 Å². The molecule has 1 radical (unpaired) electrons. The number of anilines is 1. The van der Waals surface area contributed by atoms with E-state index >= 15 is 0 Å².